The Morgan fingerprint density at radius 2 is 1.94 bits per heavy atom. The first-order valence-electron chi connectivity index (χ1n) is 5.55. The van der Waals surface area contributed by atoms with Gasteiger partial charge in [0.15, 0.2) is 17.3 Å². The Balaban J connectivity index is 2.59. The highest BCUT2D eigenvalue weighted by Crippen LogP contribution is 2.26. The van der Waals surface area contributed by atoms with Gasteiger partial charge in [0, 0.05) is 18.4 Å². The quantitative estimate of drug-likeness (QED) is 0.618. The Kier molecular flexibility index (Phi) is 5.17. The second-order valence-corrected chi connectivity index (χ2v) is 3.74. The van der Waals surface area contributed by atoms with Crippen LogP contribution in [0.25, 0.3) is 0 Å². The number of methoxy groups -OCH3 is 2. The van der Waals surface area contributed by atoms with Gasteiger partial charge in [-0.05, 0) is 24.6 Å². The third kappa shape index (κ3) is 3.76. The zero-order valence-corrected chi connectivity index (χ0v) is 10.4. The molecule has 0 radical (unpaired) electrons. The topological polar surface area (TPSA) is 72.8 Å². The molecule has 0 heterocycles. The Morgan fingerprint density at radius 3 is 2.56 bits per heavy atom. The molecule has 0 atom stereocenters. The van der Waals surface area contributed by atoms with Gasteiger partial charge in [-0.25, -0.2) is 0 Å². The number of phenols is 1. The third-order valence-electron chi connectivity index (χ3n) is 2.51. The molecule has 0 aromatic heterocycles. The van der Waals surface area contributed by atoms with E-state index in [0.29, 0.717) is 12.0 Å². The second kappa shape index (κ2) is 6.64. The molecule has 0 unspecified atom stereocenters. The maximum absolute atomic E-state index is 11.8. The summed E-state index contributed by atoms with van der Waals surface area (Å²) in [6.07, 6.45) is 0.912. The number of benzene rings is 1. The van der Waals surface area contributed by atoms with Crippen LogP contribution in [0.5, 0.6) is 11.5 Å². The van der Waals surface area contributed by atoms with Gasteiger partial charge in [-0.15, -0.1) is 0 Å². The number of phenolic OH excluding ortho intramolecular Hbond substituents is 1. The zero-order chi connectivity index (χ0) is 13.5. The average Bonchev–Trinajstić information content (AvgIpc) is 2.38. The lowest BCUT2D eigenvalue weighted by atomic mass is 10.0. The summed E-state index contributed by atoms with van der Waals surface area (Å²) in [7, 11) is 2.73. The van der Waals surface area contributed by atoms with Crippen molar-refractivity contribution < 1.29 is 24.2 Å². The molecule has 98 valence electrons. The van der Waals surface area contributed by atoms with Crippen molar-refractivity contribution in [3.63, 3.8) is 0 Å². The van der Waals surface area contributed by atoms with Gasteiger partial charge in [0.2, 0.25) is 0 Å². The number of aromatic hydroxyl groups is 1. The standard InChI is InChI=1S/C13H16O5/c1-17-12-8-9(6-7-11(12)15)10(14)4-3-5-13(16)18-2/h6-8,15H,3-5H2,1-2H3. The molecule has 0 aliphatic heterocycles. The minimum absolute atomic E-state index is 0.0105. The van der Waals surface area contributed by atoms with Crippen molar-refractivity contribution in [1.82, 2.24) is 0 Å². The smallest absolute Gasteiger partial charge is 0.305 e. The molecule has 0 saturated carbocycles. The molecule has 0 aliphatic carbocycles. The van der Waals surface area contributed by atoms with E-state index in [1.54, 1.807) is 0 Å². The van der Waals surface area contributed by atoms with E-state index in [4.69, 9.17) is 4.74 Å². The minimum atomic E-state index is -0.328. The van der Waals surface area contributed by atoms with Gasteiger partial charge >= 0.3 is 5.97 Å². The normalized spacial score (nSPS) is 9.89. The summed E-state index contributed by atoms with van der Waals surface area (Å²) >= 11 is 0. The molecule has 0 fully saturated rings. The van der Waals surface area contributed by atoms with E-state index < -0.39 is 0 Å². The SMILES string of the molecule is COC(=O)CCCC(=O)c1ccc(O)c(OC)c1. The number of carbonyl (C=O) groups excluding carboxylic acids is 2. The van der Waals surface area contributed by atoms with Crippen LogP contribution in [0.15, 0.2) is 18.2 Å². The molecular weight excluding hydrogens is 236 g/mol. The number of hydrogen-bond acceptors (Lipinski definition) is 5. The first kappa shape index (κ1) is 14.0. The lowest BCUT2D eigenvalue weighted by molar-refractivity contribution is -0.140. The molecule has 0 amide bonds. The summed E-state index contributed by atoms with van der Waals surface area (Å²) in [6.45, 7) is 0. The maximum Gasteiger partial charge on any atom is 0.305 e. The summed E-state index contributed by atoms with van der Waals surface area (Å²) in [6, 6.07) is 4.42. The van der Waals surface area contributed by atoms with Crippen LogP contribution in [-0.2, 0) is 9.53 Å². The van der Waals surface area contributed by atoms with E-state index in [1.165, 1.54) is 32.4 Å². The molecule has 5 nitrogen and oxygen atoms in total. The van der Waals surface area contributed by atoms with Gasteiger partial charge < -0.3 is 14.6 Å². The zero-order valence-electron chi connectivity index (χ0n) is 10.4. The molecule has 1 rings (SSSR count). The molecule has 0 saturated heterocycles. The first-order valence-corrected chi connectivity index (χ1v) is 5.55. The lowest BCUT2D eigenvalue weighted by Gasteiger charge is -2.06. The fourth-order valence-electron chi connectivity index (χ4n) is 1.49. The Labute approximate surface area is 105 Å². The summed E-state index contributed by atoms with van der Waals surface area (Å²) in [5.74, 6) is -0.180. The molecule has 18 heavy (non-hydrogen) atoms. The molecular formula is C13H16O5. The number of esters is 1. The van der Waals surface area contributed by atoms with Crippen LogP contribution in [0.4, 0.5) is 0 Å². The highest BCUT2D eigenvalue weighted by atomic mass is 16.5. The number of hydrogen-bond donors (Lipinski definition) is 1. The fourth-order valence-corrected chi connectivity index (χ4v) is 1.49. The van der Waals surface area contributed by atoms with Crippen LogP contribution in [0.2, 0.25) is 0 Å². The number of Topliss-reactive ketones (excluding diaryl/α,β-unsaturated/α-hetero) is 1. The van der Waals surface area contributed by atoms with Crippen LogP contribution in [-0.4, -0.2) is 31.1 Å². The number of ketones is 1. The van der Waals surface area contributed by atoms with Crippen molar-refractivity contribution in [2.45, 2.75) is 19.3 Å². The van der Waals surface area contributed by atoms with Gasteiger partial charge in [-0.3, -0.25) is 9.59 Å². The maximum atomic E-state index is 11.8. The summed E-state index contributed by atoms with van der Waals surface area (Å²) in [5, 5.41) is 9.40. The highest BCUT2D eigenvalue weighted by Gasteiger charge is 2.10. The summed E-state index contributed by atoms with van der Waals surface area (Å²) < 4.78 is 9.41. The van der Waals surface area contributed by atoms with Crippen molar-refractivity contribution >= 4 is 11.8 Å². The van der Waals surface area contributed by atoms with Crippen molar-refractivity contribution in [3.8, 4) is 11.5 Å². The molecule has 0 spiro atoms. The first-order chi connectivity index (χ1) is 8.58. The molecule has 1 aromatic carbocycles. The van der Waals surface area contributed by atoms with Crippen molar-refractivity contribution in [2.75, 3.05) is 14.2 Å². The number of ether oxygens (including phenoxy) is 2. The van der Waals surface area contributed by atoms with E-state index in [2.05, 4.69) is 4.74 Å². The molecule has 1 aromatic rings. The average molecular weight is 252 g/mol. The van der Waals surface area contributed by atoms with Gasteiger partial charge in [-0.1, -0.05) is 0 Å². The second-order valence-electron chi connectivity index (χ2n) is 3.74. The van der Waals surface area contributed by atoms with Crippen LogP contribution in [0.3, 0.4) is 0 Å². The van der Waals surface area contributed by atoms with E-state index in [1.807, 2.05) is 0 Å². The number of carbonyl (C=O) groups is 2. The van der Waals surface area contributed by atoms with E-state index in [0.717, 1.165) is 0 Å². The van der Waals surface area contributed by atoms with Crippen LogP contribution < -0.4 is 4.74 Å². The Morgan fingerprint density at radius 1 is 1.22 bits per heavy atom. The van der Waals surface area contributed by atoms with Crippen molar-refractivity contribution in [2.24, 2.45) is 0 Å². The van der Waals surface area contributed by atoms with Gasteiger partial charge in [0.05, 0.1) is 14.2 Å². The van der Waals surface area contributed by atoms with E-state index in [9.17, 15) is 14.7 Å². The minimum Gasteiger partial charge on any atom is -0.504 e. The molecule has 0 bridgehead atoms. The molecule has 1 N–H and O–H groups in total. The predicted molar refractivity (Wildman–Crippen MR) is 64.9 cm³/mol. The van der Waals surface area contributed by atoms with Crippen LogP contribution in [0.1, 0.15) is 29.6 Å². The highest BCUT2D eigenvalue weighted by molar-refractivity contribution is 5.96. The van der Waals surface area contributed by atoms with Gasteiger partial charge in [0.25, 0.3) is 0 Å². The monoisotopic (exact) mass is 252 g/mol. The largest absolute Gasteiger partial charge is 0.504 e. The lowest BCUT2D eigenvalue weighted by Crippen LogP contribution is -2.04. The summed E-state index contributed by atoms with van der Waals surface area (Å²) in [4.78, 5) is 22.7. The van der Waals surface area contributed by atoms with Crippen LogP contribution >= 0.6 is 0 Å². The predicted octanol–water partition coefficient (Wildman–Crippen LogP) is 1.93. The fraction of sp³-hybridized carbons (Fsp3) is 0.385. The Bertz CT molecular complexity index is 439. The van der Waals surface area contributed by atoms with E-state index in [-0.39, 0.29) is 36.1 Å². The molecule has 0 aliphatic rings. The third-order valence-corrected chi connectivity index (χ3v) is 2.51. The van der Waals surface area contributed by atoms with Gasteiger partial charge in [0.1, 0.15) is 0 Å². The number of rotatable bonds is 6. The molecule has 5 heteroatoms. The van der Waals surface area contributed by atoms with E-state index >= 15 is 0 Å². The van der Waals surface area contributed by atoms with Crippen molar-refractivity contribution in [3.05, 3.63) is 23.8 Å². The summed E-state index contributed by atoms with van der Waals surface area (Å²) in [5.41, 5.74) is 0.453. The Hall–Kier alpha value is -2.04. The van der Waals surface area contributed by atoms with Crippen LogP contribution in [0, 0.1) is 0 Å². The van der Waals surface area contributed by atoms with Crippen molar-refractivity contribution in [1.29, 1.82) is 0 Å². The van der Waals surface area contributed by atoms with Gasteiger partial charge in [-0.2, -0.15) is 0 Å².